The van der Waals surface area contributed by atoms with Crippen LogP contribution in [0.25, 0.3) is 20.2 Å². The van der Waals surface area contributed by atoms with E-state index in [1.165, 1.54) is 21.3 Å². The van der Waals surface area contributed by atoms with Crippen molar-refractivity contribution in [1.82, 2.24) is 0 Å². The fourth-order valence-corrected chi connectivity index (χ4v) is 5.71. The summed E-state index contributed by atoms with van der Waals surface area (Å²) in [7, 11) is 0. The van der Waals surface area contributed by atoms with Crippen LogP contribution in [0.4, 0.5) is 11.4 Å². The maximum Gasteiger partial charge on any atom is 0.101 e. The van der Waals surface area contributed by atoms with Crippen LogP contribution in [0, 0.1) is 11.3 Å². The van der Waals surface area contributed by atoms with Crippen molar-refractivity contribution in [3.8, 4) is 6.07 Å². The first-order chi connectivity index (χ1) is 12.9. The van der Waals surface area contributed by atoms with Crippen LogP contribution in [0.5, 0.6) is 0 Å². The molecule has 0 saturated heterocycles. The highest BCUT2D eigenvalue weighted by Gasteiger charge is 2.22. The molecule has 0 spiro atoms. The summed E-state index contributed by atoms with van der Waals surface area (Å²) in [6.07, 6.45) is 0. The zero-order valence-corrected chi connectivity index (χ0v) is 18.4. The second-order valence-electron chi connectivity index (χ2n) is 7.60. The van der Waals surface area contributed by atoms with Gasteiger partial charge in [-0.1, -0.05) is 63.2 Å². The number of rotatable bonds is 2. The standard InChI is InChI=1S/C23H19IN2S/c1-23(2,3)18-11-4-5-12-19(18)26(24)20-13-7-10-17-16-9-6-8-15(14-25)21(16)27-22(17)20/h4-13H,1-3H3. The molecule has 27 heavy (non-hydrogen) atoms. The average molecular weight is 482 g/mol. The molecule has 0 saturated carbocycles. The van der Waals surface area contributed by atoms with Gasteiger partial charge in [-0.05, 0) is 29.2 Å². The predicted molar refractivity (Wildman–Crippen MR) is 125 cm³/mol. The van der Waals surface area contributed by atoms with E-state index < -0.39 is 0 Å². The number of nitriles is 1. The van der Waals surface area contributed by atoms with Gasteiger partial charge in [0.15, 0.2) is 0 Å². The Balaban J connectivity index is 1.97. The number of hydrogen-bond acceptors (Lipinski definition) is 3. The van der Waals surface area contributed by atoms with Crippen molar-refractivity contribution in [2.24, 2.45) is 0 Å². The fraction of sp³-hybridized carbons (Fsp3) is 0.174. The SMILES string of the molecule is CC(C)(C)c1ccccc1N(I)c1cccc2c1sc1c(C#N)cccc12. The van der Waals surface area contributed by atoms with Crippen LogP contribution < -0.4 is 3.11 Å². The molecule has 3 aromatic carbocycles. The second kappa shape index (κ2) is 6.81. The van der Waals surface area contributed by atoms with Gasteiger partial charge >= 0.3 is 0 Å². The molecule has 0 amide bonds. The Morgan fingerprint density at radius 2 is 1.48 bits per heavy atom. The van der Waals surface area contributed by atoms with E-state index in [9.17, 15) is 5.26 Å². The highest BCUT2D eigenvalue weighted by atomic mass is 127. The molecule has 0 aliphatic heterocycles. The minimum Gasteiger partial charge on any atom is -0.281 e. The third kappa shape index (κ3) is 3.09. The van der Waals surface area contributed by atoms with Crippen LogP contribution in [0.15, 0.2) is 60.7 Å². The first-order valence-corrected chi connectivity index (χ1v) is 10.6. The summed E-state index contributed by atoms with van der Waals surface area (Å²) >= 11 is 4.11. The summed E-state index contributed by atoms with van der Waals surface area (Å²) < 4.78 is 4.53. The molecule has 1 heterocycles. The third-order valence-electron chi connectivity index (χ3n) is 4.76. The van der Waals surface area contributed by atoms with Gasteiger partial charge in [-0.2, -0.15) is 5.26 Å². The number of para-hydroxylation sites is 1. The van der Waals surface area contributed by atoms with E-state index in [0.29, 0.717) is 0 Å². The normalized spacial score (nSPS) is 11.7. The Bertz CT molecular complexity index is 1190. The van der Waals surface area contributed by atoms with Crippen molar-refractivity contribution in [1.29, 1.82) is 5.26 Å². The van der Waals surface area contributed by atoms with Crippen LogP contribution in [-0.4, -0.2) is 0 Å². The van der Waals surface area contributed by atoms with E-state index in [-0.39, 0.29) is 5.41 Å². The first kappa shape index (κ1) is 18.3. The molecule has 0 atom stereocenters. The molecule has 0 aliphatic rings. The molecule has 4 aromatic rings. The second-order valence-corrected chi connectivity index (χ2v) is 9.58. The Morgan fingerprint density at radius 3 is 2.19 bits per heavy atom. The van der Waals surface area contributed by atoms with Gasteiger partial charge < -0.3 is 0 Å². The van der Waals surface area contributed by atoms with Gasteiger partial charge in [-0.25, -0.2) is 0 Å². The number of anilines is 2. The highest BCUT2D eigenvalue weighted by Crippen LogP contribution is 2.45. The smallest absolute Gasteiger partial charge is 0.101 e. The average Bonchev–Trinajstić information content (AvgIpc) is 3.05. The van der Waals surface area contributed by atoms with Crippen LogP contribution in [-0.2, 0) is 5.41 Å². The van der Waals surface area contributed by atoms with E-state index in [1.807, 2.05) is 12.1 Å². The van der Waals surface area contributed by atoms with Crippen LogP contribution >= 0.6 is 34.2 Å². The van der Waals surface area contributed by atoms with Gasteiger partial charge in [0.05, 0.1) is 49.2 Å². The molecule has 0 N–H and O–H groups in total. The van der Waals surface area contributed by atoms with E-state index in [2.05, 4.69) is 101 Å². The zero-order chi connectivity index (χ0) is 19.2. The number of nitrogens with zero attached hydrogens (tertiary/aromatic N) is 2. The molecule has 2 nitrogen and oxygen atoms in total. The fourth-order valence-electron chi connectivity index (χ4n) is 3.46. The number of hydrogen-bond donors (Lipinski definition) is 0. The first-order valence-electron chi connectivity index (χ1n) is 8.81. The molecular weight excluding hydrogens is 463 g/mol. The largest absolute Gasteiger partial charge is 0.281 e. The van der Waals surface area contributed by atoms with Crippen molar-refractivity contribution in [2.45, 2.75) is 26.2 Å². The van der Waals surface area contributed by atoms with Crippen molar-refractivity contribution in [3.63, 3.8) is 0 Å². The van der Waals surface area contributed by atoms with Crippen molar-refractivity contribution in [3.05, 3.63) is 71.8 Å². The lowest BCUT2D eigenvalue weighted by Crippen LogP contribution is -2.15. The molecular formula is C23H19IN2S. The topological polar surface area (TPSA) is 27.0 Å². The lowest BCUT2D eigenvalue weighted by atomic mass is 9.86. The lowest BCUT2D eigenvalue weighted by Gasteiger charge is -2.27. The summed E-state index contributed by atoms with van der Waals surface area (Å²) in [6.45, 7) is 6.74. The number of fused-ring (bicyclic) bond motifs is 3. The molecule has 0 unspecified atom stereocenters. The van der Waals surface area contributed by atoms with E-state index in [4.69, 9.17) is 0 Å². The molecule has 4 heteroatoms. The van der Waals surface area contributed by atoms with Crippen molar-refractivity contribution in [2.75, 3.05) is 3.11 Å². The third-order valence-corrected chi connectivity index (χ3v) is 7.08. The van der Waals surface area contributed by atoms with Gasteiger partial charge in [-0.15, -0.1) is 11.3 Å². The maximum atomic E-state index is 9.49. The number of benzene rings is 3. The molecule has 0 bridgehead atoms. The van der Waals surface area contributed by atoms with Gasteiger partial charge in [0.2, 0.25) is 0 Å². The Labute approximate surface area is 177 Å². The molecule has 0 radical (unpaired) electrons. The van der Waals surface area contributed by atoms with Crippen LogP contribution in [0.2, 0.25) is 0 Å². The summed E-state index contributed by atoms with van der Waals surface area (Å²) in [6, 6.07) is 23.3. The van der Waals surface area contributed by atoms with Gasteiger partial charge in [0.1, 0.15) is 6.07 Å². The van der Waals surface area contributed by atoms with Crippen molar-refractivity contribution < 1.29 is 0 Å². The minimum atomic E-state index is 0.0576. The van der Waals surface area contributed by atoms with E-state index >= 15 is 0 Å². The summed E-state index contributed by atoms with van der Waals surface area (Å²) in [4.78, 5) is 0. The Hall–Kier alpha value is -2.10. The van der Waals surface area contributed by atoms with Gasteiger partial charge in [0.25, 0.3) is 0 Å². The van der Waals surface area contributed by atoms with Crippen LogP contribution in [0.1, 0.15) is 31.9 Å². The molecule has 0 fully saturated rings. The monoisotopic (exact) mass is 482 g/mol. The molecule has 134 valence electrons. The number of thiophene rings is 1. The molecule has 0 aliphatic carbocycles. The summed E-state index contributed by atoms with van der Waals surface area (Å²) in [5, 5.41) is 11.9. The summed E-state index contributed by atoms with van der Waals surface area (Å²) in [5.41, 5.74) is 4.48. The molecule has 1 aromatic heterocycles. The Kier molecular flexibility index (Phi) is 4.61. The zero-order valence-electron chi connectivity index (χ0n) is 15.5. The maximum absolute atomic E-state index is 9.49. The number of halogens is 1. The molecule has 4 rings (SSSR count). The van der Waals surface area contributed by atoms with Gasteiger partial charge in [-0.3, -0.25) is 3.11 Å². The highest BCUT2D eigenvalue weighted by molar-refractivity contribution is 14.1. The quantitative estimate of drug-likeness (QED) is 0.216. The summed E-state index contributed by atoms with van der Waals surface area (Å²) in [5.74, 6) is 0. The Morgan fingerprint density at radius 1 is 0.852 bits per heavy atom. The predicted octanol–water partition coefficient (Wildman–Crippen LogP) is 7.71. The minimum absolute atomic E-state index is 0.0576. The van der Waals surface area contributed by atoms with E-state index in [0.717, 1.165) is 21.3 Å². The lowest BCUT2D eigenvalue weighted by molar-refractivity contribution is 0.592. The van der Waals surface area contributed by atoms with E-state index in [1.54, 1.807) is 11.3 Å². The van der Waals surface area contributed by atoms with Gasteiger partial charge in [0, 0.05) is 10.8 Å². The van der Waals surface area contributed by atoms with Crippen molar-refractivity contribution >= 4 is 65.7 Å². The van der Waals surface area contributed by atoms with Crippen LogP contribution in [0.3, 0.4) is 0 Å².